The quantitative estimate of drug-likeness (QED) is 0.686. The molecule has 1 aromatic rings. The van der Waals surface area contributed by atoms with Crippen molar-refractivity contribution < 1.29 is 19.1 Å². The summed E-state index contributed by atoms with van der Waals surface area (Å²) in [7, 11) is 0. The number of piperidine rings is 1. The van der Waals surface area contributed by atoms with Gasteiger partial charge in [-0.2, -0.15) is 11.3 Å². The fourth-order valence-electron chi connectivity index (χ4n) is 5.41. The van der Waals surface area contributed by atoms with Crippen molar-refractivity contribution in [2.24, 2.45) is 11.3 Å². The van der Waals surface area contributed by atoms with Crippen molar-refractivity contribution >= 4 is 23.2 Å². The molecule has 4 rings (SSSR count). The summed E-state index contributed by atoms with van der Waals surface area (Å²) in [6.07, 6.45) is 4.12. The highest BCUT2D eigenvalue weighted by Crippen LogP contribution is 2.48. The summed E-state index contributed by atoms with van der Waals surface area (Å²) < 4.78 is 11.1. The van der Waals surface area contributed by atoms with Crippen molar-refractivity contribution in [1.29, 1.82) is 0 Å². The lowest BCUT2D eigenvalue weighted by Gasteiger charge is -2.52. The second-order valence-electron chi connectivity index (χ2n) is 8.56. The number of rotatable bonds is 5. The monoisotopic (exact) mass is 420 g/mol. The van der Waals surface area contributed by atoms with Gasteiger partial charge in [0.1, 0.15) is 0 Å². The summed E-state index contributed by atoms with van der Waals surface area (Å²) in [5, 5.41) is 4.03. The normalized spacial score (nSPS) is 30.6. The summed E-state index contributed by atoms with van der Waals surface area (Å²) >= 11 is 1.61. The van der Waals surface area contributed by atoms with E-state index in [0.29, 0.717) is 25.6 Å². The first-order valence-corrected chi connectivity index (χ1v) is 11.8. The minimum absolute atomic E-state index is 0.0986. The van der Waals surface area contributed by atoms with E-state index in [1.54, 1.807) is 11.3 Å². The van der Waals surface area contributed by atoms with Crippen LogP contribution in [0.3, 0.4) is 0 Å². The molecule has 160 valence electrons. The fourth-order valence-corrected chi connectivity index (χ4v) is 6.08. The van der Waals surface area contributed by atoms with Gasteiger partial charge in [0.25, 0.3) is 0 Å². The molecule has 0 unspecified atom stereocenters. The zero-order chi connectivity index (χ0) is 20.3. The maximum Gasteiger partial charge on any atom is 0.314 e. The van der Waals surface area contributed by atoms with Crippen molar-refractivity contribution in [2.45, 2.75) is 45.1 Å². The Kier molecular flexibility index (Phi) is 6.56. The Morgan fingerprint density at radius 1 is 1.28 bits per heavy atom. The zero-order valence-corrected chi connectivity index (χ0v) is 18.1. The van der Waals surface area contributed by atoms with Crippen molar-refractivity contribution in [3.8, 4) is 0 Å². The molecule has 7 heteroatoms. The molecular formula is C22H32N2O4S. The van der Waals surface area contributed by atoms with E-state index in [0.717, 1.165) is 64.1 Å². The van der Waals surface area contributed by atoms with Gasteiger partial charge in [-0.1, -0.05) is 0 Å². The van der Waals surface area contributed by atoms with Crippen LogP contribution in [0.4, 0.5) is 0 Å². The van der Waals surface area contributed by atoms with E-state index < -0.39 is 5.41 Å². The number of hydrogen-bond donors (Lipinski definition) is 0. The highest BCUT2D eigenvalue weighted by atomic mass is 32.1. The smallest absolute Gasteiger partial charge is 0.314 e. The van der Waals surface area contributed by atoms with Gasteiger partial charge in [-0.3, -0.25) is 14.5 Å². The van der Waals surface area contributed by atoms with Gasteiger partial charge in [0.15, 0.2) is 0 Å². The van der Waals surface area contributed by atoms with Gasteiger partial charge >= 0.3 is 5.97 Å². The van der Waals surface area contributed by atoms with Crippen LogP contribution in [0.5, 0.6) is 0 Å². The van der Waals surface area contributed by atoms with E-state index in [-0.39, 0.29) is 17.8 Å². The van der Waals surface area contributed by atoms with Gasteiger partial charge in [-0.15, -0.1) is 0 Å². The molecule has 1 aliphatic carbocycles. The van der Waals surface area contributed by atoms with E-state index in [1.807, 2.05) is 28.7 Å². The molecule has 1 amide bonds. The van der Waals surface area contributed by atoms with Crippen LogP contribution in [-0.2, 0) is 25.5 Å². The molecule has 6 nitrogen and oxygen atoms in total. The van der Waals surface area contributed by atoms with Crippen LogP contribution in [0.25, 0.3) is 0 Å². The Balaban J connectivity index is 1.48. The number of esters is 1. The number of hydrogen-bond acceptors (Lipinski definition) is 6. The first-order chi connectivity index (χ1) is 14.1. The fraction of sp³-hybridized carbons (Fsp3) is 0.727. The summed E-state index contributed by atoms with van der Waals surface area (Å²) in [6, 6.07) is 2.52. The van der Waals surface area contributed by atoms with Crippen LogP contribution < -0.4 is 0 Å². The van der Waals surface area contributed by atoms with Crippen molar-refractivity contribution in [1.82, 2.24) is 9.80 Å². The zero-order valence-electron chi connectivity index (χ0n) is 17.3. The molecule has 0 aromatic carbocycles. The lowest BCUT2D eigenvalue weighted by Crippen LogP contribution is -2.59. The second kappa shape index (κ2) is 9.14. The largest absolute Gasteiger partial charge is 0.466 e. The molecule has 0 N–H and O–H groups in total. The number of carbonyl (C=O) groups excluding carboxylic acids is 2. The van der Waals surface area contributed by atoms with Crippen LogP contribution >= 0.6 is 11.3 Å². The Morgan fingerprint density at radius 3 is 2.83 bits per heavy atom. The molecule has 3 fully saturated rings. The van der Waals surface area contributed by atoms with Crippen LogP contribution in [0.1, 0.15) is 38.2 Å². The molecule has 0 spiro atoms. The molecule has 3 heterocycles. The number of morpholine rings is 1. The average molecular weight is 421 g/mol. The maximum absolute atomic E-state index is 13.1. The first-order valence-electron chi connectivity index (χ1n) is 10.9. The topological polar surface area (TPSA) is 59.1 Å². The second-order valence-corrected chi connectivity index (χ2v) is 9.34. The summed E-state index contributed by atoms with van der Waals surface area (Å²) in [4.78, 5) is 30.5. The molecule has 0 radical (unpaired) electrons. The molecule has 2 saturated heterocycles. The summed E-state index contributed by atoms with van der Waals surface area (Å²) in [5.74, 6) is 0.313. The lowest BCUT2D eigenvalue weighted by molar-refractivity contribution is -0.171. The number of likely N-dealkylation sites (tertiary alicyclic amines) is 1. The third-order valence-corrected chi connectivity index (χ3v) is 7.75. The molecule has 1 aromatic heterocycles. The molecule has 0 bridgehead atoms. The van der Waals surface area contributed by atoms with Crippen LogP contribution in [0.2, 0.25) is 0 Å². The highest BCUT2D eigenvalue weighted by molar-refractivity contribution is 7.08. The van der Waals surface area contributed by atoms with Gasteiger partial charge < -0.3 is 14.4 Å². The number of fused-ring (bicyclic) bond motifs is 1. The predicted octanol–water partition coefficient (Wildman–Crippen LogP) is 2.57. The third-order valence-electron chi connectivity index (χ3n) is 7.01. The van der Waals surface area contributed by atoms with E-state index in [9.17, 15) is 9.59 Å². The predicted molar refractivity (Wildman–Crippen MR) is 112 cm³/mol. The number of thiophene rings is 1. The van der Waals surface area contributed by atoms with Gasteiger partial charge in [0.05, 0.1) is 31.7 Å². The van der Waals surface area contributed by atoms with Gasteiger partial charge in [0.2, 0.25) is 5.91 Å². The van der Waals surface area contributed by atoms with Crippen LogP contribution in [0, 0.1) is 11.3 Å². The molecule has 1 saturated carbocycles. The van der Waals surface area contributed by atoms with Crippen molar-refractivity contribution in [3.63, 3.8) is 0 Å². The van der Waals surface area contributed by atoms with Gasteiger partial charge in [-0.25, -0.2) is 0 Å². The van der Waals surface area contributed by atoms with E-state index in [4.69, 9.17) is 9.47 Å². The molecular weight excluding hydrogens is 388 g/mol. The molecule has 29 heavy (non-hydrogen) atoms. The number of amides is 1. The van der Waals surface area contributed by atoms with E-state index in [2.05, 4.69) is 4.90 Å². The Morgan fingerprint density at radius 2 is 2.10 bits per heavy atom. The first kappa shape index (κ1) is 20.8. The Hall–Kier alpha value is -1.44. The van der Waals surface area contributed by atoms with Gasteiger partial charge in [-0.05, 0) is 60.9 Å². The minimum Gasteiger partial charge on any atom is -0.466 e. The minimum atomic E-state index is -0.540. The molecule has 3 atom stereocenters. The lowest BCUT2D eigenvalue weighted by atomic mass is 9.61. The van der Waals surface area contributed by atoms with Crippen LogP contribution in [-0.4, -0.2) is 73.7 Å². The molecule has 2 aliphatic heterocycles. The van der Waals surface area contributed by atoms with Gasteiger partial charge in [0, 0.05) is 32.2 Å². The SMILES string of the molecule is CCOC(=O)[C@@]12CC[C@@H](N3CCOCC3)C[C@H]1CCN(C(=O)Cc1ccsc1)C2. The Bertz CT molecular complexity index is 704. The van der Waals surface area contributed by atoms with Crippen molar-refractivity contribution in [2.75, 3.05) is 46.0 Å². The maximum atomic E-state index is 13.1. The number of nitrogens with zero attached hydrogens (tertiary/aromatic N) is 2. The highest BCUT2D eigenvalue weighted by Gasteiger charge is 2.54. The average Bonchev–Trinajstić information content (AvgIpc) is 3.26. The third kappa shape index (κ3) is 4.37. The Labute approximate surface area is 177 Å². The van der Waals surface area contributed by atoms with E-state index >= 15 is 0 Å². The van der Waals surface area contributed by atoms with Crippen molar-refractivity contribution in [3.05, 3.63) is 22.4 Å². The number of ether oxygens (including phenoxy) is 2. The summed E-state index contributed by atoms with van der Waals surface area (Å²) in [6.45, 7) is 7.07. The summed E-state index contributed by atoms with van der Waals surface area (Å²) in [5.41, 5.74) is 0.518. The standard InChI is InChI=1S/C22H32N2O4S/c1-2-28-21(26)22-6-3-19(23-8-10-27-11-9-23)14-18(22)4-7-24(16-22)20(25)13-17-5-12-29-15-17/h5,12,15,18-19H,2-4,6-11,13-14,16H2,1H3/t18-,19-,22-/m1/s1. The van der Waals surface area contributed by atoms with E-state index in [1.165, 1.54) is 0 Å². The van der Waals surface area contributed by atoms with Crippen LogP contribution in [0.15, 0.2) is 16.8 Å². The molecule has 3 aliphatic rings. The number of carbonyl (C=O) groups is 2.